The van der Waals surface area contributed by atoms with Crippen molar-refractivity contribution < 1.29 is 21.6 Å². The lowest BCUT2D eigenvalue weighted by molar-refractivity contribution is 0.102. The fourth-order valence-corrected chi connectivity index (χ4v) is 5.48. The van der Waals surface area contributed by atoms with Crippen LogP contribution in [0, 0.1) is 6.92 Å². The zero-order valence-corrected chi connectivity index (χ0v) is 19.1. The third-order valence-corrected chi connectivity index (χ3v) is 7.24. The van der Waals surface area contributed by atoms with Gasteiger partial charge in [-0.2, -0.15) is 0 Å². The van der Waals surface area contributed by atoms with Crippen LogP contribution in [0.3, 0.4) is 0 Å². The van der Waals surface area contributed by atoms with E-state index in [-0.39, 0.29) is 16.5 Å². The molecule has 3 N–H and O–H groups in total. The van der Waals surface area contributed by atoms with Crippen LogP contribution in [0.2, 0.25) is 0 Å². The summed E-state index contributed by atoms with van der Waals surface area (Å²) in [6, 6.07) is 10.7. The molecule has 8 nitrogen and oxygen atoms in total. The Morgan fingerprint density at radius 3 is 2.29 bits per heavy atom. The molecule has 1 saturated carbocycles. The quantitative estimate of drug-likeness (QED) is 0.580. The Balaban J connectivity index is 1.79. The number of aryl methyl sites for hydroxylation is 1. The van der Waals surface area contributed by atoms with Crippen molar-refractivity contribution in [2.75, 3.05) is 16.3 Å². The first-order valence-corrected chi connectivity index (χ1v) is 13.4. The maximum atomic E-state index is 12.8. The summed E-state index contributed by atoms with van der Waals surface area (Å²) in [7, 11) is -7.19. The molecular formula is C21H27N3O5S2. The molecule has 0 spiro atoms. The van der Waals surface area contributed by atoms with Crippen molar-refractivity contribution in [1.82, 2.24) is 4.72 Å². The Hall–Kier alpha value is -2.43. The first-order valence-electron chi connectivity index (χ1n) is 10.1. The monoisotopic (exact) mass is 465 g/mol. The van der Waals surface area contributed by atoms with Gasteiger partial charge >= 0.3 is 0 Å². The smallest absolute Gasteiger partial charge is 0.255 e. The highest BCUT2D eigenvalue weighted by atomic mass is 32.2. The van der Waals surface area contributed by atoms with Crippen LogP contribution in [0.25, 0.3) is 0 Å². The molecule has 3 rings (SSSR count). The zero-order chi connectivity index (χ0) is 22.6. The fraction of sp³-hybridized carbons (Fsp3) is 0.381. The molecule has 10 heteroatoms. The maximum absolute atomic E-state index is 12.8. The second-order valence-electron chi connectivity index (χ2n) is 7.84. The molecule has 0 aliphatic heterocycles. The molecule has 2 aromatic carbocycles. The lowest BCUT2D eigenvalue weighted by atomic mass is 9.96. The van der Waals surface area contributed by atoms with Gasteiger partial charge in [-0.25, -0.2) is 21.6 Å². The molecule has 1 fully saturated rings. The molecule has 1 aliphatic carbocycles. The summed E-state index contributed by atoms with van der Waals surface area (Å²) in [5.41, 5.74) is 1.55. The number of nitrogens with one attached hydrogen (secondary N) is 3. The Labute approximate surface area is 183 Å². The number of rotatable bonds is 7. The first-order chi connectivity index (χ1) is 14.5. The van der Waals surface area contributed by atoms with Crippen molar-refractivity contribution in [3.63, 3.8) is 0 Å². The molecule has 2 aromatic rings. The zero-order valence-electron chi connectivity index (χ0n) is 17.5. The molecular weight excluding hydrogens is 438 g/mol. The minimum atomic E-state index is -3.74. The molecule has 0 unspecified atom stereocenters. The Bertz CT molecular complexity index is 1170. The van der Waals surface area contributed by atoms with E-state index in [2.05, 4.69) is 14.8 Å². The summed E-state index contributed by atoms with van der Waals surface area (Å²) in [6.45, 7) is 1.72. The predicted octanol–water partition coefficient (Wildman–Crippen LogP) is 3.23. The van der Waals surface area contributed by atoms with Crippen LogP contribution in [0.1, 0.15) is 48.0 Å². The van der Waals surface area contributed by atoms with Gasteiger partial charge in [-0.15, -0.1) is 0 Å². The number of anilines is 2. The van der Waals surface area contributed by atoms with Gasteiger partial charge in [0.1, 0.15) is 0 Å². The molecule has 0 bridgehead atoms. The van der Waals surface area contributed by atoms with Gasteiger partial charge < -0.3 is 5.32 Å². The maximum Gasteiger partial charge on any atom is 0.255 e. The van der Waals surface area contributed by atoms with Crippen molar-refractivity contribution in [2.24, 2.45) is 0 Å². The molecule has 1 amide bonds. The summed E-state index contributed by atoms with van der Waals surface area (Å²) >= 11 is 0. The van der Waals surface area contributed by atoms with Crippen LogP contribution in [-0.4, -0.2) is 35.0 Å². The normalized spacial score (nSPS) is 15.4. The van der Waals surface area contributed by atoms with Crippen molar-refractivity contribution in [3.05, 3.63) is 53.6 Å². The molecule has 1 aliphatic rings. The molecule has 31 heavy (non-hydrogen) atoms. The predicted molar refractivity (Wildman–Crippen MR) is 121 cm³/mol. The highest BCUT2D eigenvalue weighted by Gasteiger charge is 2.23. The lowest BCUT2D eigenvalue weighted by Gasteiger charge is -2.22. The van der Waals surface area contributed by atoms with Gasteiger partial charge in [-0.05, 0) is 55.7 Å². The van der Waals surface area contributed by atoms with E-state index >= 15 is 0 Å². The van der Waals surface area contributed by atoms with Crippen LogP contribution in [0.5, 0.6) is 0 Å². The number of sulfonamides is 2. The Kier molecular flexibility index (Phi) is 7.03. The van der Waals surface area contributed by atoms with Gasteiger partial charge in [0.2, 0.25) is 20.0 Å². The molecule has 0 radical (unpaired) electrons. The van der Waals surface area contributed by atoms with Gasteiger partial charge in [-0.3, -0.25) is 9.52 Å². The Morgan fingerprint density at radius 1 is 0.935 bits per heavy atom. The fourth-order valence-electron chi connectivity index (χ4n) is 3.59. The van der Waals surface area contributed by atoms with Gasteiger partial charge in [0.25, 0.3) is 5.91 Å². The van der Waals surface area contributed by atoms with Gasteiger partial charge in [0, 0.05) is 17.3 Å². The van der Waals surface area contributed by atoms with Gasteiger partial charge in [0.15, 0.2) is 0 Å². The molecule has 0 saturated heterocycles. The Morgan fingerprint density at radius 2 is 1.61 bits per heavy atom. The number of carbonyl (C=O) groups excluding carboxylic acids is 1. The second kappa shape index (κ2) is 9.37. The first kappa shape index (κ1) is 23.2. The lowest BCUT2D eigenvalue weighted by Crippen LogP contribution is -2.36. The van der Waals surface area contributed by atoms with Gasteiger partial charge in [-0.1, -0.05) is 31.4 Å². The molecule has 0 heterocycles. The topological polar surface area (TPSA) is 121 Å². The molecule has 0 aromatic heterocycles. The van der Waals surface area contributed by atoms with Crippen LogP contribution >= 0.6 is 0 Å². The molecule has 0 atom stereocenters. The average molecular weight is 466 g/mol. The highest BCUT2D eigenvalue weighted by molar-refractivity contribution is 7.92. The summed E-state index contributed by atoms with van der Waals surface area (Å²) in [4.78, 5) is 12.9. The van der Waals surface area contributed by atoms with Crippen LogP contribution in [0.15, 0.2) is 47.4 Å². The van der Waals surface area contributed by atoms with Crippen molar-refractivity contribution in [2.45, 2.75) is 50.0 Å². The minimum absolute atomic E-state index is 0.0429. The number of carbonyl (C=O) groups is 1. The summed E-state index contributed by atoms with van der Waals surface area (Å²) in [5, 5.41) is 2.70. The van der Waals surface area contributed by atoms with E-state index in [9.17, 15) is 21.6 Å². The van der Waals surface area contributed by atoms with E-state index in [1.54, 1.807) is 31.2 Å². The minimum Gasteiger partial charge on any atom is -0.322 e. The van der Waals surface area contributed by atoms with Crippen molar-refractivity contribution in [1.29, 1.82) is 0 Å². The third-order valence-electron chi connectivity index (χ3n) is 5.11. The average Bonchev–Trinajstić information content (AvgIpc) is 2.67. The molecule has 168 valence electrons. The van der Waals surface area contributed by atoms with Crippen LogP contribution in [-0.2, 0) is 20.0 Å². The summed E-state index contributed by atoms with van der Waals surface area (Å²) in [5.74, 6) is -0.483. The van der Waals surface area contributed by atoms with E-state index in [0.717, 1.165) is 38.4 Å². The summed E-state index contributed by atoms with van der Waals surface area (Å²) in [6.07, 6.45) is 5.79. The third kappa shape index (κ3) is 6.52. The number of amides is 1. The second-order valence-corrected chi connectivity index (χ2v) is 11.3. The van der Waals surface area contributed by atoms with E-state index in [1.165, 1.54) is 18.2 Å². The standard InChI is InChI=1S/C21H27N3O5S2/c1-15-11-12-19(31(28,29)24-16-7-4-3-5-8-16)14-20(15)21(25)22-17-9-6-10-18(13-17)23-30(2,26)27/h6,9-14,16,23-24H,3-5,7-8H2,1-2H3,(H,22,25). The highest BCUT2D eigenvalue weighted by Crippen LogP contribution is 2.22. The van der Waals surface area contributed by atoms with E-state index < -0.39 is 26.0 Å². The largest absolute Gasteiger partial charge is 0.322 e. The van der Waals surface area contributed by atoms with Crippen LogP contribution in [0.4, 0.5) is 11.4 Å². The van der Waals surface area contributed by atoms with E-state index in [4.69, 9.17) is 0 Å². The van der Waals surface area contributed by atoms with E-state index in [1.807, 2.05) is 0 Å². The number of benzene rings is 2. The number of hydrogen-bond donors (Lipinski definition) is 3. The van der Waals surface area contributed by atoms with Crippen LogP contribution < -0.4 is 14.8 Å². The van der Waals surface area contributed by atoms with Crippen molar-refractivity contribution in [3.8, 4) is 0 Å². The summed E-state index contributed by atoms with van der Waals surface area (Å²) < 4.78 is 53.6. The van der Waals surface area contributed by atoms with E-state index in [0.29, 0.717) is 16.9 Å². The van der Waals surface area contributed by atoms with Gasteiger partial charge in [0.05, 0.1) is 16.8 Å². The van der Waals surface area contributed by atoms with Crippen molar-refractivity contribution >= 4 is 37.3 Å². The number of hydrogen-bond acceptors (Lipinski definition) is 5. The SMILES string of the molecule is Cc1ccc(S(=O)(=O)NC2CCCCC2)cc1C(=O)Nc1cccc(NS(C)(=O)=O)c1.